The third-order valence-electron chi connectivity index (χ3n) is 12.1. The highest BCUT2D eigenvalue weighted by atomic mass is 16.6. The molecule has 0 heterocycles. The number of hydrogen-bond acceptors (Lipinski definition) is 9. The normalized spacial score (nSPS) is 13.2. The molecule has 3 aromatic rings. The zero-order valence-electron chi connectivity index (χ0n) is 43.6. The van der Waals surface area contributed by atoms with Crippen LogP contribution in [0.25, 0.3) is 0 Å². The number of ether oxygens (including phenoxy) is 3. The second-order valence-corrected chi connectivity index (χ2v) is 24.9. The van der Waals surface area contributed by atoms with Crippen LogP contribution in [0.15, 0.2) is 36.4 Å². The van der Waals surface area contributed by atoms with E-state index in [1.165, 1.54) is 0 Å². The van der Waals surface area contributed by atoms with Crippen LogP contribution in [0.5, 0.6) is 17.2 Å². The molecule has 65 heavy (non-hydrogen) atoms. The zero-order chi connectivity index (χ0) is 49.9. The Hall–Kier alpha value is -4.53. The first-order chi connectivity index (χ1) is 29.3. The molecule has 0 saturated heterocycles. The summed E-state index contributed by atoms with van der Waals surface area (Å²) in [7, 11) is 0. The minimum Gasteiger partial charge on any atom is -0.507 e. The van der Waals surface area contributed by atoms with Crippen molar-refractivity contribution in [3.63, 3.8) is 0 Å². The smallest absolute Gasteiger partial charge is 0.306 e. The molecule has 0 saturated carbocycles. The SMILES string of the molecule is CC(COC(=O)CCc1cc(C(C)(C)C)cc(C(C)(C)C)c1O)(COC(=O)CCc1cc(C(C)(C)C)cc(C(C)(C)C)c1O)COC(=O)CCc1cc(C(C)(C)C)cc(C(C)(C)C)c1O. The maximum atomic E-state index is 13.4. The molecule has 3 aromatic carbocycles. The number of esters is 3. The summed E-state index contributed by atoms with van der Waals surface area (Å²) >= 11 is 0. The Morgan fingerprint density at radius 2 is 0.585 bits per heavy atom. The monoisotopic (exact) mass is 901 g/mol. The van der Waals surface area contributed by atoms with Gasteiger partial charge in [0.1, 0.15) is 37.1 Å². The lowest BCUT2D eigenvalue weighted by Gasteiger charge is -2.29. The fourth-order valence-electron chi connectivity index (χ4n) is 7.49. The van der Waals surface area contributed by atoms with E-state index < -0.39 is 23.3 Å². The standard InChI is InChI=1S/C56H84O9/c1-50(2,3)38-26-35(47(60)41(29-38)53(10,11)12)20-23-44(57)63-32-56(19,33-64-45(58)24-21-36-27-39(51(4,5)6)30-42(48(36)61)54(13,14)15)34-65-46(59)25-22-37-28-40(52(7,8)9)31-43(49(37)62)55(16,17)18/h26-31,60-62H,20-25,32-34H2,1-19H3. The van der Waals surface area contributed by atoms with Gasteiger partial charge in [-0.2, -0.15) is 0 Å². The van der Waals surface area contributed by atoms with E-state index in [1.54, 1.807) is 6.92 Å². The van der Waals surface area contributed by atoms with Gasteiger partial charge in [0.25, 0.3) is 0 Å². The van der Waals surface area contributed by atoms with E-state index in [0.717, 1.165) is 33.4 Å². The van der Waals surface area contributed by atoms with Crippen molar-refractivity contribution in [2.45, 2.75) is 203 Å². The highest BCUT2D eigenvalue weighted by Gasteiger charge is 2.33. The molecule has 0 fully saturated rings. The number of aromatic hydroxyl groups is 3. The zero-order valence-corrected chi connectivity index (χ0v) is 43.6. The van der Waals surface area contributed by atoms with Crippen molar-refractivity contribution in [2.75, 3.05) is 19.8 Å². The van der Waals surface area contributed by atoms with E-state index in [1.807, 2.05) is 98.7 Å². The molecule has 0 aliphatic rings. The molecule has 3 N–H and O–H groups in total. The quantitative estimate of drug-likeness (QED) is 0.100. The Bertz CT molecular complexity index is 1920. The number of rotatable bonds is 15. The number of benzene rings is 3. The molecule has 362 valence electrons. The van der Waals surface area contributed by atoms with Gasteiger partial charge in [0.2, 0.25) is 0 Å². The van der Waals surface area contributed by atoms with Crippen molar-refractivity contribution >= 4 is 17.9 Å². The van der Waals surface area contributed by atoms with Gasteiger partial charge in [0.15, 0.2) is 0 Å². The number of hydrogen-bond donors (Lipinski definition) is 3. The van der Waals surface area contributed by atoms with Crippen LogP contribution in [0.1, 0.15) is 201 Å². The van der Waals surface area contributed by atoms with E-state index in [-0.39, 0.29) is 108 Å². The minimum absolute atomic E-state index is 0.0122. The Kier molecular flexibility index (Phi) is 17.0. The molecule has 0 amide bonds. The molecule has 0 aliphatic carbocycles. The number of aryl methyl sites for hydroxylation is 3. The molecule has 0 aromatic heterocycles. The van der Waals surface area contributed by atoms with Gasteiger partial charge in [-0.3, -0.25) is 14.4 Å². The summed E-state index contributed by atoms with van der Waals surface area (Å²) in [6.07, 6.45) is 0.710. The Labute approximate surface area is 392 Å². The fourth-order valence-corrected chi connectivity index (χ4v) is 7.49. The average Bonchev–Trinajstić information content (AvgIpc) is 3.14. The lowest BCUT2D eigenvalue weighted by molar-refractivity contribution is -0.160. The number of carbonyl (C=O) groups is 3. The largest absolute Gasteiger partial charge is 0.507 e. The number of phenolic OH excluding ortho intramolecular Hbond substituents is 3. The van der Waals surface area contributed by atoms with E-state index in [2.05, 4.69) is 62.3 Å². The first-order valence-electron chi connectivity index (χ1n) is 23.4. The molecular formula is C56H84O9. The van der Waals surface area contributed by atoms with Gasteiger partial charge >= 0.3 is 17.9 Å². The summed E-state index contributed by atoms with van der Waals surface area (Å²) < 4.78 is 17.5. The van der Waals surface area contributed by atoms with Gasteiger partial charge in [-0.05, 0) is 109 Å². The topological polar surface area (TPSA) is 140 Å². The van der Waals surface area contributed by atoms with Crippen LogP contribution in [0.3, 0.4) is 0 Å². The van der Waals surface area contributed by atoms with Crippen LogP contribution in [-0.2, 0) is 80.3 Å². The van der Waals surface area contributed by atoms with Crippen molar-refractivity contribution < 1.29 is 43.9 Å². The van der Waals surface area contributed by atoms with E-state index in [4.69, 9.17) is 14.2 Å². The number of phenols is 3. The van der Waals surface area contributed by atoms with Crippen molar-refractivity contribution in [2.24, 2.45) is 5.41 Å². The molecule has 0 atom stereocenters. The van der Waals surface area contributed by atoms with Crippen molar-refractivity contribution in [3.8, 4) is 17.2 Å². The third kappa shape index (κ3) is 15.5. The Balaban J connectivity index is 1.83. The van der Waals surface area contributed by atoms with Gasteiger partial charge < -0.3 is 29.5 Å². The maximum Gasteiger partial charge on any atom is 0.306 e. The van der Waals surface area contributed by atoms with Crippen LogP contribution >= 0.6 is 0 Å². The second kappa shape index (κ2) is 20.1. The van der Waals surface area contributed by atoms with Crippen molar-refractivity contribution in [3.05, 3.63) is 86.5 Å². The highest BCUT2D eigenvalue weighted by Crippen LogP contribution is 2.41. The predicted molar refractivity (Wildman–Crippen MR) is 262 cm³/mol. The lowest BCUT2D eigenvalue weighted by atomic mass is 9.78. The summed E-state index contributed by atoms with van der Waals surface area (Å²) in [6.45, 7) is 38.5. The fraction of sp³-hybridized carbons (Fsp3) is 0.625. The first kappa shape index (κ1) is 54.8. The Morgan fingerprint density at radius 1 is 0.369 bits per heavy atom. The summed E-state index contributed by atoms with van der Waals surface area (Å²) in [5.74, 6) is -1.03. The highest BCUT2D eigenvalue weighted by molar-refractivity contribution is 5.71. The lowest BCUT2D eigenvalue weighted by Crippen LogP contribution is -2.37. The van der Waals surface area contributed by atoms with Crippen molar-refractivity contribution in [1.82, 2.24) is 0 Å². The molecule has 9 heteroatoms. The first-order valence-corrected chi connectivity index (χ1v) is 23.4. The molecule has 0 radical (unpaired) electrons. The van der Waals surface area contributed by atoms with Crippen LogP contribution in [0, 0.1) is 5.41 Å². The van der Waals surface area contributed by atoms with Crippen LogP contribution in [0.4, 0.5) is 0 Å². The molecular weight excluding hydrogens is 817 g/mol. The van der Waals surface area contributed by atoms with E-state index in [9.17, 15) is 29.7 Å². The van der Waals surface area contributed by atoms with E-state index >= 15 is 0 Å². The molecule has 0 spiro atoms. The summed E-state index contributed by atoms with van der Waals surface area (Å²) in [5, 5.41) is 33.9. The van der Waals surface area contributed by atoms with Crippen LogP contribution in [-0.4, -0.2) is 53.0 Å². The Morgan fingerprint density at radius 3 is 0.769 bits per heavy atom. The molecule has 0 aliphatic heterocycles. The maximum absolute atomic E-state index is 13.4. The van der Waals surface area contributed by atoms with Gasteiger partial charge in [-0.25, -0.2) is 0 Å². The van der Waals surface area contributed by atoms with Gasteiger partial charge in [0, 0.05) is 19.3 Å². The number of carbonyl (C=O) groups excluding carboxylic acids is 3. The molecule has 3 rings (SSSR count). The second-order valence-electron chi connectivity index (χ2n) is 24.9. The summed E-state index contributed by atoms with van der Waals surface area (Å²) in [5.41, 5.74) is 4.93. The van der Waals surface area contributed by atoms with Gasteiger partial charge in [-0.15, -0.1) is 0 Å². The van der Waals surface area contributed by atoms with Crippen LogP contribution < -0.4 is 0 Å². The summed E-state index contributed by atoms with van der Waals surface area (Å²) in [6, 6.07) is 12.0. The molecule has 0 bridgehead atoms. The third-order valence-corrected chi connectivity index (χ3v) is 12.1. The van der Waals surface area contributed by atoms with Gasteiger partial charge in [-0.1, -0.05) is 161 Å². The van der Waals surface area contributed by atoms with E-state index in [0.29, 0.717) is 16.7 Å². The predicted octanol–water partition coefficient (Wildman–Crippen LogP) is 12.4. The molecule has 9 nitrogen and oxygen atoms in total. The summed E-state index contributed by atoms with van der Waals surface area (Å²) in [4.78, 5) is 40.3. The van der Waals surface area contributed by atoms with Crippen molar-refractivity contribution in [1.29, 1.82) is 0 Å². The minimum atomic E-state index is -1.12. The molecule has 0 unspecified atom stereocenters. The van der Waals surface area contributed by atoms with Gasteiger partial charge in [0.05, 0.1) is 5.41 Å². The van der Waals surface area contributed by atoms with Crippen LogP contribution in [0.2, 0.25) is 0 Å². The average molecular weight is 901 g/mol.